The fraction of sp³-hybridized carbons (Fsp3) is 0.0370. The van der Waals surface area contributed by atoms with Crippen molar-refractivity contribution in [1.29, 1.82) is 0 Å². The predicted octanol–water partition coefficient (Wildman–Crippen LogP) is 5.59. The lowest BCUT2D eigenvalue weighted by Crippen LogP contribution is -2.16. The summed E-state index contributed by atoms with van der Waals surface area (Å²) in [5, 5.41) is 22.2. The number of rotatable bonds is 7. The molecule has 4 aromatic carbocycles. The van der Waals surface area contributed by atoms with E-state index in [9.17, 15) is 19.8 Å². The molecule has 1 amide bonds. The summed E-state index contributed by atoms with van der Waals surface area (Å²) < 4.78 is 5.82. The van der Waals surface area contributed by atoms with Gasteiger partial charge in [-0.15, -0.1) is 0 Å². The molecule has 0 atom stereocenters. The van der Waals surface area contributed by atoms with Gasteiger partial charge in [0.1, 0.15) is 18.1 Å². The van der Waals surface area contributed by atoms with E-state index in [-0.39, 0.29) is 34.9 Å². The molecule has 0 saturated carbocycles. The van der Waals surface area contributed by atoms with Gasteiger partial charge in [-0.2, -0.15) is 0 Å². The summed E-state index contributed by atoms with van der Waals surface area (Å²) in [5.41, 5.74) is 2.75. The van der Waals surface area contributed by atoms with E-state index < -0.39 is 11.9 Å². The second kappa shape index (κ2) is 9.70. The number of anilines is 1. The molecular weight excluding hydrogens is 418 g/mol. The molecule has 0 aliphatic rings. The Morgan fingerprint density at radius 2 is 1.45 bits per heavy atom. The Hall–Kier alpha value is -4.58. The minimum atomic E-state index is -1.17. The fourth-order valence-electron chi connectivity index (χ4n) is 3.39. The van der Waals surface area contributed by atoms with Crippen molar-refractivity contribution in [2.45, 2.75) is 6.61 Å². The van der Waals surface area contributed by atoms with Gasteiger partial charge in [-0.3, -0.25) is 4.79 Å². The summed E-state index contributed by atoms with van der Waals surface area (Å²) in [4.78, 5) is 24.9. The standard InChI is InChI=1S/C27H21NO5/c29-21-12-14-25(33-17-18-7-3-1-4-8-18)23(16-21)26(30)28-24-15-20(11-13-22(24)27(31)32)19-9-5-2-6-10-19/h1-16,29H,17H2,(H,28,30)(H,31,32). The molecule has 0 unspecified atom stereocenters. The van der Waals surface area contributed by atoms with Gasteiger partial charge in [0.2, 0.25) is 0 Å². The molecule has 0 heterocycles. The minimum Gasteiger partial charge on any atom is -0.508 e. The third-order valence-electron chi connectivity index (χ3n) is 5.05. The lowest BCUT2D eigenvalue weighted by atomic mass is 10.0. The summed E-state index contributed by atoms with van der Waals surface area (Å²) in [6, 6.07) is 27.9. The second-order valence-corrected chi connectivity index (χ2v) is 7.34. The molecular formula is C27H21NO5. The van der Waals surface area contributed by atoms with E-state index in [2.05, 4.69) is 5.32 Å². The summed E-state index contributed by atoms with van der Waals surface area (Å²) in [5.74, 6) is -1.60. The average molecular weight is 439 g/mol. The van der Waals surface area contributed by atoms with E-state index in [0.717, 1.165) is 16.7 Å². The molecule has 33 heavy (non-hydrogen) atoms. The van der Waals surface area contributed by atoms with Crippen molar-refractivity contribution in [1.82, 2.24) is 0 Å². The van der Waals surface area contributed by atoms with Crippen molar-refractivity contribution in [2.75, 3.05) is 5.32 Å². The van der Waals surface area contributed by atoms with Gasteiger partial charge in [0.25, 0.3) is 5.91 Å². The highest BCUT2D eigenvalue weighted by molar-refractivity contribution is 6.09. The Bertz CT molecular complexity index is 1290. The monoisotopic (exact) mass is 439 g/mol. The van der Waals surface area contributed by atoms with E-state index in [1.807, 2.05) is 60.7 Å². The van der Waals surface area contributed by atoms with Crippen LogP contribution < -0.4 is 10.1 Å². The van der Waals surface area contributed by atoms with E-state index in [0.29, 0.717) is 0 Å². The van der Waals surface area contributed by atoms with Crippen LogP contribution in [-0.2, 0) is 6.61 Å². The Balaban J connectivity index is 1.64. The molecule has 0 aromatic heterocycles. The van der Waals surface area contributed by atoms with Crippen LogP contribution in [0.5, 0.6) is 11.5 Å². The van der Waals surface area contributed by atoms with Gasteiger partial charge >= 0.3 is 5.97 Å². The zero-order valence-corrected chi connectivity index (χ0v) is 17.6. The van der Waals surface area contributed by atoms with Gasteiger partial charge in [0, 0.05) is 0 Å². The van der Waals surface area contributed by atoms with Crippen molar-refractivity contribution in [3.8, 4) is 22.6 Å². The molecule has 3 N–H and O–H groups in total. The molecule has 0 saturated heterocycles. The predicted molar refractivity (Wildman–Crippen MR) is 126 cm³/mol. The largest absolute Gasteiger partial charge is 0.508 e. The van der Waals surface area contributed by atoms with Crippen molar-refractivity contribution in [2.24, 2.45) is 0 Å². The normalized spacial score (nSPS) is 10.4. The molecule has 0 radical (unpaired) electrons. The van der Waals surface area contributed by atoms with Crippen molar-refractivity contribution >= 4 is 17.6 Å². The van der Waals surface area contributed by atoms with Gasteiger partial charge in [-0.25, -0.2) is 4.79 Å². The van der Waals surface area contributed by atoms with Crippen LogP contribution in [0.4, 0.5) is 5.69 Å². The first-order chi connectivity index (χ1) is 16.0. The molecule has 0 bridgehead atoms. The maximum atomic E-state index is 13.1. The Labute approximate surface area is 190 Å². The van der Waals surface area contributed by atoms with E-state index in [1.54, 1.807) is 12.1 Å². The Kier molecular flexibility index (Phi) is 6.36. The van der Waals surface area contributed by atoms with Gasteiger partial charge in [0.15, 0.2) is 0 Å². The highest BCUT2D eigenvalue weighted by Crippen LogP contribution is 2.29. The summed E-state index contributed by atoms with van der Waals surface area (Å²) in [7, 11) is 0. The number of carbonyl (C=O) groups excluding carboxylic acids is 1. The van der Waals surface area contributed by atoms with E-state index in [1.165, 1.54) is 24.3 Å². The molecule has 4 aromatic rings. The molecule has 6 heteroatoms. The molecule has 0 aliphatic heterocycles. The first-order valence-electron chi connectivity index (χ1n) is 10.2. The van der Waals surface area contributed by atoms with Crippen LogP contribution in [-0.4, -0.2) is 22.1 Å². The molecule has 4 rings (SSSR count). The number of aromatic carboxylic acids is 1. The number of carboxylic acid groups (broad SMARTS) is 1. The topological polar surface area (TPSA) is 95.9 Å². The molecule has 6 nitrogen and oxygen atoms in total. The van der Waals surface area contributed by atoms with Crippen LogP contribution in [0.3, 0.4) is 0 Å². The summed E-state index contributed by atoms with van der Waals surface area (Å²) in [6.07, 6.45) is 0. The number of carbonyl (C=O) groups is 2. The Morgan fingerprint density at radius 3 is 2.15 bits per heavy atom. The number of benzene rings is 4. The van der Waals surface area contributed by atoms with Crippen LogP contribution in [0.2, 0.25) is 0 Å². The van der Waals surface area contributed by atoms with Crippen molar-refractivity contribution < 1.29 is 24.5 Å². The first-order valence-corrected chi connectivity index (χ1v) is 10.2. The first kappa shape index (κ1) is 21.6. The number of hydrogen-bond donors (Lipinski definition) is 3. The average Bonchev–Trinajstić information content (AvgIpc) is 2.84. The quantitative estimate of drug-likeness (QED) is 0.349. The number of amides is 1. The van der Waals surface area contributed by atoms with Crippen molar-refractivity contribution in [3.05, 3.63) is 114 Å². The zero-order chi connectivity index (χ0) is 23.2. The third-order valence-corrected chi connectivity index (χ3v) is 5.05. The number of nitrogens with one attached hydrogen (secondary N) is 1. The molecule has 0 aliphatic carbocycles. The second-order valence-electron chi connectivity index (χ2n) is 7.34. The maximum absolute atomic E-state index is 13.1. The van der Waals surface area contributed by atoms with Crippen molar-refractivity contribution in [3.63, 3.8) is 0 Å². The zero-order valence-electron chi connectivity index (χ0n) is 17.6. The summed E-state index contributed by atoms with van der Waals surface area (Å²) in [6.45, 7) is 0.232. The number of phenolic OH excluding ortho intramolecular Hbond substituents is 1. The number of phenols is 1. The van der Waals surface area contributed by atoms with Crippen LogP contribution >= 0.6 is 0 Å². The van der Waals surface area contributed by atoms with Crippen LogP contribution in [0, 0.1) is 0 Å². The molecule has 164 valence electrons. The Morgan fingerprint density at radius 1 is 0.758 bits per heavy atom. The molecule has 0 fully saturated rings. The number of hydrogen-bond acceptors (Lipinski definition) is 4. The van der Waals surface area contributed by atoms with E-state index >= 15 is 0 Å². The SMILES string of the molecule is O=C(O)c1ccc(-c2ccccc2)cc1NC(=O)c1cc(O)ccc1OCc1ccccc1. The van der Waals surface area contributed by atoms with Gasteiger partial charge in [0.05, 0.1) is 16.8 Å². The fourth-order valence-corrected chi connectivity index (χ4v) is 3.39. The lowest BCUT2D eigenvalue weighted by molar-refractivity contribution is 0.0698. The van der Waals surface area contributed by atoms with Crippen LogP contribution in [0.25, 0.3) is 11.1 Å². The van der Waals surface area contributed by atoms with Crippen LogP contribution in [0.1, 0.15) is 26.3 Å². The number of aromatic hydroxyl groups is 1. The number of ether oxygens (including phenoxy) is 1. The smallest absolute Gasteiger partial charge is 0.337 e. The third kappa shape index (κ3) is 5.19. The molecule has 0 spiro atoms. The summed E-state index contributed by atoms with van der Waals surface area (Å²) >= 11 is 0. The lowest BCUT2D eigenvalue weighted by Gasteiger charge is -2.14. The van der Waals surface area contributed by atoms with Crippen LogP contribution in [0.15, 0.2) is 97.1 Å². The van der Waals surface area contributed by atoms with Gasteiger partial charge < -0.3 is 20.3 Å². The van der Waals surface area contributed by atoms with Gasteiger partial charge in [-0.1, -0.05) is 66.7 Å². The van der Waals surface area contributed by atoms with E-state index in [4.69, 9.17) is 4.74 Å². The minimum absolute atomic E-state index is 0.0464. The number of carboxylic acids is 1. The highest BCUT2D eigenvalue weighted by Gasteiger charge is 2.18. The maximum Gasteiger partial charge on any atom is 0.337 e. The van der Waals surface area contributed by atoms with Gasteiger partial charge in [-0.05, 0) is 47.0 Å². The highest BCUT2D eigenvalue weighted by atomic mass is 16.5.